The number of benzene rings is 1. The van der Waals surface area contributed by atoms with Gasteiger partial charge in [-0.05, 0) is 19.1 Å². The Labute approximate surface area is 131 Å². The number of amides is 2. The molecule has 22 heavy (non-hydrogen) atoms. The number of methoxy groups -OCH3 is 2. The minimum Gasteiger partial charge on any atom is -0.497 e. The Kier molecular flexibility index (Phi) is 5.79. The molecule has 0 radical (unpaired) electrons. The van der Waals surface area contributed by atoms with E-state index in [1.807, 2.05) is 0 Å². The SMILES string of the molecule is COc1ccc(OC)c(NC(=O)C(C)NC(=O)C(C)(C)C)c1. The summed E-state index contributed by atoms with van der Waals surface area (Å²) >= 11 is 0. The number of anilines is 1. The first-order valence-corrected chi connectivity index (χ1v) is 7.03. The zero-order valence-electron chi connectivity index (χ0n) is 13.9. The van der Waals surface area contributed by atoms with Gasteiger partial charge < -0.3 is 20.1 Å². The van der Waals surface area contributed by atoms with Crippen LogP contribution < -0.4 is 20.1 Å². The lowest BCUT2D eigenvalue weighted by molar-refractivity contribution is -0.131. The highest BCUT2D eigenvalue weighted by Crippen LogP contribution is 2.29. The van der Waals surface area contributed by atoms with E-state index in [2.05, 4.69) is 10.6 Å². The van der Waals surface area contributed by atoms with E-state index in [1.165, 1.54) is 7.11 Å². The Morgan fingerprint density at radius 3 is 2.27 bits per heavy atom. The lowest BCUT2D eigenvalue weighted by atomic mass is 9.95. The first-order valence-electron chi connectivity index (χ1n) is 7.03. The third kappa shape index (κ3) is 4.65. The molecule has 0 fully saturated rings. The Morgan fingerprint density at radius 2 is 1.77 bits per heavy atom. The van der Waals surface area contributed by atoms with Gasteiger partial charge in [-0.25, -0.2) is 0 Å². The van der Waals surface area contributed by atoms with E-state index in [9.17, 15) is 9.59 Å². The standard InChI is InChI=1S/C16H24N2O4/c1-10(17-15(20)16(2,3)4)14(19)18-12-9-11(21-5)7-8-13(12)22-6/h7-10H,1-6H3,(H,17,20)(H,18,19). The number of nitrogens with one attached hydrogen (secondary N) is 2. The summed E-state index contributed by atoms with van der Waals surface area (Å²) in [7, 11) is 3.06. The van der Waals surface area contributed by atoms with Crippen molar-refractivity contribution in [2.45, 2.75) is 33.7 Å². The molecule has 122 valence electrons. The Morgan fingerprint density at radius 1 is 1.14 bits per heavy atom. The largest absolute Gasteiger partial charge is 0.497 e. The predicted octanol–water partition coefficient (Wildman–Crippen LogP) is 2.19. The first-order chi connectivity index (χ1) is 10.2. The third-order valence-electron chi connectivity index (χ3n) is 3.09. The van der Waals surface area contributed by atoms with Gasteiger partial charge in [-0.1, -0.05) is 20.8 Å². The number of carbonyl (C=O) groups is 2. The second kappa shape index (κ2) is 7.15. The zero-order chi connectivity index (χ0) is 16.9. The van der Waals surface area contributed by atoms with Crippen molar-refractivity contribution in [3.63, 3.8) is 0 Å². The molecule has 0 heterocycles. The molecule has 1 aromatic rings. The van der Waals surface area contributed by atoms with Crippen LogP contribution in [0, 0.1) is 5.41 Å². The molecule has 0 aliphatic heterocycles. The molecule has 1 aromatic carbocycles. The van der Waals surface area contributed by atoms with Crippen LogP contribution in [0.4, 0.5) is 5.69 Å². The minimum atomic E-state index is -0.664. The molecule has 1 unspecified atom stereocenters. The van der Waals surface area contributed by atoms with Gasteiger partial charge in [-0.3, -0.25) is 9.59 Å². The molecule has 1 atom stereocenters. The molecule has 0 saturated carbocycles. The normalized spacial score (nSPS) is 12.3. The van der Waals surface area contributed by atoms with Crippen molar-refractivity contribution in [3.8, 4) is 11.5 Å². The summed E-state index contributed by atoms with van der Waals surface area (Å²) in [6.07, 6.45) is 0. The van der Waals surface area contributed by atoms with Crippen molar-refractivity contribution in [1.82, 2.24) is 5.32 Å². The lowest BCUT2D eigenvalue weighted by Crippen LogP contribution is -2.46. The maximum atomic E-state index is 12.2. The van der Waals surface area contributed by atoms with Gasteiger partial charge in [0.2, 0.25) is 11.8 Å². The van der Waals surface area contributed by atoms with Crippen LogP contribution in [-0.2, 0) is 9.59 Å². The second-order valence-corrected chi connectivity index (χ2v) is 6.00. The number of hydrogen-bond donors (Lipinski definition) is 2. The molecular weight excluding hydrogens is 284 g/mol. The molecule has 2 amide bonds. The topological polar surface area (TPSA) is 76.7 Å². The van der Waals surface area contributed by atoms with Crippen LogP contribution in [0.5, 0.6) is 11.5 Å². The smallest absolute Gasteiger partial charge is 0.246 e. The van der Waals surface area contributed by atoms with Gasteiger partial charge in [0.15, 0.2) is 0 Å². The quantitative estimate of drug-likeness (QED) is 0.874. The van der Waals surface area contributed by atoms with Gasteiger partial charge in [-0.2, -0.15) is 0 Å². The second-order valence-electron chi connectivity index (χ2n) is 6.00. The molecule has 1 rings (SSSR count). The molecule has 0 aliphatic rings. The van der Waals surface area contributed by atoms with E-state index in [1.54, 1.807) is 53.0 Å². The average molecular weight is 308 g/mol. The van der Waals surface area contributed by atoms with Crippen molar-refractivity contribution < 1.29 is 19.1 Å². The summed E-state index contributed by atoms with van der Waals surface area (Å²) in [5, 5.41) is 5.42. The molecule has 6 nitrogen and oxygen atoms in total. The van der Waals surface area contributed by atoms with Gasteiger partial charge in [0.05, 0.1) is 19.9 Å². The molecule has 0 spiro atoms. The highest BCUT2D eigenvalue weighted by molar-refractivity contribution is 5.98. The van der Waals surface area contributed by atoms with Crippen LogP contribution in [-0.4, -0.2) is 32.1 Å². The van der Waals surface area contributed by atoms with Gasteiger partial charge in [0.25, 0.3) is 0 Å². The molecule has 0 saturated heterocycles. The fraction of sp³-hybridized carbons (Fsp3) is 0.500. The zero-order valence-corrected chi connectivity index (χ0v) is 13.9. The number of ether oxygens (including phenoxy) is 2. The molecule has 0 bridgehead atoms. The van der Waals surface area contributed by atoms with Gasteiger partial charge in [-0.15, -0.1) is 0 Å². The molecule has 6 heteroatoms. The summed E-state index contributed by atoms with van der Waals surface area (Å²) in [5.41, 5.74) is -0.0638. The average Bonchev–Trinajstić information content (AvgIpc) is 2.45. The molecule has 0 aromatic heterocycles. The number of hydrogen-bond acceptors (Lipinski definition) is 4. The fourth-order valence-corrected chi connectivity index (χ4v) is 1.63. The van der Waals surface area contributed by atoms with Gasteiger partial charge >= 0.3 is 0 Å². The van der Waals surface area contributed by atoms with E-state index < -0.39 is 11.5 Å². The van der Waals surface area contributed by atoms with E-state index in [-0.39, 0.29) is 11.8 Å². The van der Waals surface area contributed by atoms with Crippen LogP contribution in [0.1, 0.15) is 27.7 Å². The van der Waals surface area contributed by atoms with Crippen LogP contribution in [0.15, 0.2) is 18.2 Å². The maximum absolute atomic E-state index is 12.2. The molecule has 0 aliphatic carbocycles. The van der Waals surface area contributed by atoms with Crippen molar-refractivity contribution in [2.75, 3.05) is 19.5 Å². The number of rotatable bonds is 5. The minimum absolute atomic E-state index is 0.187. The van der Waals surface area contributed by atoms with E-state index in [4.69, 9.17) is 9.47 Å². The lowest BCUT2D eigenvalue weighted by Gasteiger charge is -2.21. The summed E-state index contributed by atoms with van der Waals surface area (Å²) in [6.45, 7) is 7.00. The molecule has 2 N–H and O–H groups in total. The highest BCUT2D eigenvalue weighted by Gasteiger charge is 2.25. The van der Waals surface area contributed by atoms with Crippen LogP contribution >= 0.6 is 0 Å². The molecular formula is C16H24N2O4. The number of carbonyl (C=O) groups excluding carboxylic acids is 2. The van der Waals surface area contributed by atoms with Crippen molar-refractivity contribution in [1.29, 1.82) is 0 Å². The first kappa shape index (κ1) is 17.8. The van der Waals surface area contributed by atoms with Crippen molar-refractivity contribution in [2.24, 2.45) is 5.41 Å². The maximum Gasteiger partial charge on any atom is 0.246 e. The van der Waals surface area contributed by atoms with Crippen molar-refractivity contribution in [3.05, 3.63) is 18.2 Å². The van der Waals surface area contributed by atoms with Crippen LogP contribution in [0.3, 0.4) is 0 Å². The Balaban J connectivity index is 2.81. The van der Waals surface area contributed by atoms with Crippen molar-refractivity contribution >= 4 is 17.5 Å². The van der Waals surface area contributed by atoms with E-state index in [0.717, 1.165) is 0 Å². The third-order valence-corrected chi connectivity index (χ3v) is 3.09. The summed E-state index contributed by atoms with van der Waals surface area (Å²) in [4.78, 5) is 24.1. The summed E-state index contributed by atoms with van der Waals surface area (Å²) < 4.78 is 10.3. The highest BCUT2D eigenvalue weighted by atomic mass is 16.5. The van der Waals surface area contributed by atoms with E-state index in [0.29, 0.717) is 17.2 Å². The van der Waals surface area contributed by atoms with E-state index >= 15 is 0 Å². The Bertz CT molecular complexity index is 550. The summed E-state index contributed by atoms with van der Waals surface area (Å²) in [5.74, 6) is 0.600. The predicted molar refractivity (Wildman–Crippen MR) is 85.2 cm³/mol. The van der Waals surface area contributed by atoms with Crippen LogP contribution in [0.25, 0.3) is 0 Å². The fourth-order valence-electron chi connectivity index (χ4n) is 1.63. The van der Waals surface area contributed by atoms with Gasteiger partial charge in [0.1, 0.15) is 17.5 Å². The Hall–Kier alpha value is -2.24. The van der Waals surface area contributed by atoms with Crippen LogP contribution in [0.2, 0.25) is 0 Å². The monoisotopic (exact) mass is 308 g/mol. The summed E-state index contributed by atoms with van der Waals surface area (Å²) in [6, 6.07) is 4.43. The van der Waals surface area contributed by atoms with Gasteiger partial charge in [0, 0.05) is 11.5 Å².